The molecule has 26 heavy (non-hydrogen) atoms. The number of carbonyl (C=O) groups excluding carboxylic acids is 2. The normalized spacial score (nSPS) is 15.0. The van der Waals surface area contributed by atoms with Crippen molar-refractivity contribution in [2.24, 2.45) is 0 Å². The van der Waals surface area contributed by atoms with Crippen LogP contribution in [0.25, 0.3) is 10.8 Å². The molecule has 2 aromatic rings. The highest BCUT2D eigenvalue weighted by molar-refractivity contribution is 5.85. The van der Waals surface area contributed by atoms with Crippen LogP contribution in [0.15, 0.2) is 42.5 Å². The second-order valence-electron chi connectivity index (χ2n) is 6.44. The Morgan fingerprint density at radius 3 is 2.54 bits per heavy atom. The lowest BCUT2D eigenvalue weighted by molar-refractivity contribution is -0.123. The van der Waals surface area contributed by atoms with E-state index in [-0.39, 0.29) is 12.5 Å². The molecule has 1 N–H and O–H groups in total. The number of fused-ring (bicyclic) bond motifs is 1. The van der Waals surface area contributed by atoms with Gasteiger partial charge >= 0.3 is 6.09 Å². The van der Waals surface area contributed by atoms with Crippen molar-refractivity contribution in [2.45, 2.75) is 6.42 Å². The highest BCUT2D eigenvalue weighted by Crippen LogP contribution is 2.19. The van der Waals surface area contributed by atoms with Crippen molar-refractivity contribution in [1.29, 1.82) is 0 Å². The number of amides is 2. The minimum Gasteiger partial charge on any atom is -0.439 e. The van der Waals surface area contributed by atoms with Gasteiger partial charge in [0.25, 0.3) is 5.91 Å². The maximum atomic E-state index is 12.0. The predicted molar refractivity (Wildman–Crippen MR) is 101 cm³/mol. The summed E-state index contributed by atoms with van der Waals surface area (Å²) >= 11 is 0. The molecule has 1 fully saturated rings. The number of rotatable bonds is 5. The quantitative estimate of drug-likeness (QED) is 0.890. The molecular formula is C20H25N3O3. The lowest BCUT2D eigenvalue weighted by Crippen LogP contribution is -2.49. The zero-order chi connectivity index (χ0) is 18.4. The fourth-order valence-corrected chi connectivity index (χ4v) is 3.23. The van der Waals surface area contributed by atoms with Gasteiger partial charge in [0, 0.05) is 39.8 Å². The highest BCUT2D eigenvalue weighted by atomic mass is 16.6. The zero-order valence-corrected chi connectivity index (χ0v) is 15.1. The first-order valence-corrected chi connectivity index (χ1v) is 8.98. The number of likely N-dealkylation sites (N-methyl/N-ethyl adjacent to an activating group) is 1. The topological polar surface area (TPSA) is 61.9 Å². The van der Waals surface area contributed by atoms with Crippen LogP contribution in [0.2, 0.25) is 0 Å². The summed E-state index contributed by atoms with van der Waals surface area (Å²) in [4.78, 5) is 27.1. The molecule has 2 aromatic carbocycles. The number of nitrogens with one attached hydrogen (secondary N) is 1. The van der Waals surface area contributed by atoms with Crippen molar-refractivity contribution in [2.75, 3.05) is 46.4 Å². The number of carbonyl (C=O) groups is 2. The molecule has 2 amide bonds. The monoisotopic (exact) mass is 355 g/mol. The number of benzene rings is 2. The van der Waals surface area contributed by atoms with Crippen LogP contribution in [0, 0.1) is 0 Å². The molecule has 1 aliphatic heterocycles. The Balaban J connectivity index is 1.47. The number of piperazine rings is 1. The first-order valence-electron chi connectivity index (χ1n) is 8.98. The molecule has 6 nitrogen and oxygen atoms in total. The third-order valence-corrected chi connectivity index (χ3v) is 4.81. The number of nitrogens with zero attached hydrogens (tertiary/aromatic N) is 2. The van der Waals surface area contributed by atoms with E-state index in [9.17, 15) is 9.59 Å². The maximum Gasteiger partial charge on any atom is 0.410 e. The van der Waals surface area contributed by atoms with Crippen LogP contribution >= 0.6 is 0 Å². The molecule has 0 unspecified atom stereocenters. The summed E-state index contributed by atoms with van der Waals surface area (Å²) in [6.07, 6.45) is 0.574. The predicted octanol–water partition coefficient (Wildman–Crippen LogP) is 1.88. The van der Waals surface area contributed by atoms with E-state index in [1.807, 2.05) is 0 Å². The molecule has 0 saturated carbocycles. The van der Waals surface area contributed by atoms with Gasteiger partial charge in [-0.15, -0.1) is 0 Å². The SMILES string of the molecule is CNC(=O)COC(=O)N1CCN(CCc2cccc3ccccc23)CC1. The average molecular weight is 355 g/mol. The molecule has 1 saturated heterocycles. The molecule has 3 rings (SSSR count). The van der Waals surface area contributed by atoms with Crippen molar-refractivity contribution in [3.05, 3.63) is 48.0 Å². The van der Waals surface area contributed by atoms with E-state index in [1.165, 1.54) is 23.4 Å². The van der Waals surface area contributed by atoms with Crippen molar-refractivity contribution in [3.8, 4) is 0 Å². The Hall–Kier alpha value is -2.60. The average Bonchev–Trinajstić information content (AvgIpc) is 2.70. The molecule has 0 atom stereocenters. The van der Waals surface area contributed by atoms with Crippen LogP contribution in [0.1, 0.15) is 5.56 Å². The summed E-state index contributed by atoms with van der Waals surface area (Å²) in [6.45, 7) is 3.63. The Morgan fingerprint density at radius 1 is 1.04 bits per heavy atom. The number of hydrogen-bond acceptors (Lipinski definition) is 4. The van der Waals surface area contributed by atoms with Crippen molar-refractivity contribution in [1.82, 2.24) is 15.1 Å². The van der Waals surface area contributed by atoms with Gasteiger partial charge in [-0.25, -0.2) is 4.79 Å². The largest absolute Gasteiger partial charge is 0.439 e. The first-order chi connectivity index (χ1) is 12.7. The summed E-state index contributed by atoms with van der Waals surface area (Å²) in [5, 5.41) is 5.02. The Labute approximate surface area is 153 Å². The van der Waals surface area contributed by atoms with Crippen LogP contribution in [-0.2, 0) is 16.0 Å². The molecule has 1 aliphatic rings. The second kappa shape index (κ2) is 8.67. The van der Waals surface area contributed by atoms with Crippen molar-refractivity contribution >= 4 is 22.8 Å². The van der Waals surface area contributed by atoms with Crippen LogP contribution < -0.4 is 5.32 Å². The molecule has 0 spiro atoms. The maximum absolute atomic E-state index is 12.0. The molecule has 0 aromatic heterocycles. The van der Waals surface area contributed by atoms with E-state index in [0.717, 1.165) is 26.1 Å². The van der Waals surface area contributed by atoms with Crippen LogP contribution in [0.3, 0.4) is 0 Å². The van der Waals surface area contributed by atoms with E-state index >= 15 is 0 Å². The van der Waals surface area contributed by atoms with Crippen LogP contribution in [-0.4, -0.2) is 68.2 Å². The lowest BCUT2D eigenvalue weighted by atomic mass is 10.0. The Morgan fingerprint density at radius 2 is 1.77 bits per heavy atom. The minimum atomic E-state index is -0.415. The molecule has 0 radical (unpaired) electrons. The molecule has 6 heteroatoms. The van der Waals surface area contributed by atoms with Gasteiger partial charge in [0.05, 0.1) is 0 Å². The second-order valence-corrected chi connectivity index (χ2v) is 6.44. The minimum absolute atomic E-state index is 0.226. The van der Waals surface area contributed by atoms with Crippen molar-refractivity contribution in [3.63, 3.8) is 0 Å². The third-order valence-electron chi connectivity index (χ3n) is 4.81. The van der Waals surface area contributed by atoms with E-state index < -0.39 is 6.09 Å². The fraction of sp³-hybridized carbons (Fsp3) is 0.400. The van der Waals surface area contributed by atoms with Crippen molar-refractivity contribution < 1.29 is 14.3 Å². The number of ether oxygens (including phenoxy) is 1. The van der Waals surface area contributed by atoms with E-state index in [0.29, 0.717) is 13.1 Å². The summed E-state index contributed by atoms with van der Waals surface area (Å²) < 4.78 is 5.00. The zero-order valence-electron chi connectivity index (χ0n) is 15.1. The van der Waals surface area contributed by atoms with E-state index in [1.54, 1.807) is 4.90 Å². The Bertz CT molecular complexity index is 764. The summed E-state index contributed by atoms with van der Waals surface area (Å²) in [7, 11) is 1.52. The number of hydrogen-bond donors (Lipinski definition) is 1. The van der Waals surface area contributed by atoms with Gasteiger partial charge in [-0.3, -0.25) is 9.69 Å². The van der Waals surface area contributed by atoms with Gasteiger partial charge in [-0.1, -0.05) is 42.5 Å². The third kappa shape index (κ3) is 4.52. The standard InChI is InChI=1S/C20H25N3O3/c1-21-19(24)15-26-20(25)23-13-11-22(12-14-23)10-9-17-7-4-6-16-5-2-3-8-18(16)17/h2-8H,9-15H2,1H3,(H,21,24). The van der Waals surface area contributed by atoms with Gasteiger partial charge < -0.3 is 15.0 Å². The van der Waals surface area contributed by atoms with Gasteiger partial charge in [-0.2, -0.15) is 0 Å². The highest BCUT2D eigenvalue weighted by Gasteiger charge is 2.22. The molecule has 0 bridgehead atoms. The van der Waals surface area contributed by atoms with E-state index in [2.05, 4.69) is 52.7 Å². The van der Waals surface area contributed by atoms with Crippen LogP contribution in [0.5, 0.6) is 0 Å². The van der Waals surface area contributed by atoms with Gasteiger partial charge in [0.2, 0.25) is 0 Å². The molecule has 138 valence electrons. The van der Waals surface area contributed by atoms with Crippen LogP contribution in [0.4, 0.5) is 4.79 Å². The smallest absolute Gasteiger partial charge is 0.410 e. The summed E-state index contributed by atoms with van der Waals surface area (Å²) in [5.41, 5.74) is 1.36. The molecule has 1 heterocycles. The lowest BCUT2D eigenvalue weighted by Gasteiger charge is -2.34. The summed E-state index contributed by atoms with van der Waals surface area (Å²) in [6, 6.07) is 14.9. The molecule has 0 aliphatic carbocycles. The first kappa shape index (κ1) is 18.2. The fourth-order valence-electron chi connectivity index (χ4n) is 3.23. The van der Waals surface area contributed by atoms with E-state index in [4.69, 9.17) is 4.74 Å². The van der Waals surface area contributed by atoms with Gasteiger partial charge in [-0.05, 0) is 22.8 Å². The van der Waals surface area contributed by atoms with Gasteiger partial charge in [0.15, 0.2) is 6.61 Å². The summed E-state index contributed by atoms with van der Waals surface area (Å²) in [5.74, 6) is -0.299. The Kier molecular flexibility index (Phi) is 6.07. The molecular weight excluding hydrogens is 330 g/mol. The van der Waals surface area contributed by atoms with Gasteiger partial charge in [0.1, 0.15) is 0 Å².